The van der Waals surface area contributed by atoms with Crippen LogP contribution in [0.3, 0.4) is 0 Å². The first-order valence-corrected chi connectivity index (χ1v) is 4.34. The summed E-state index contributed by atoms with van der Waals surface area (Å²) < 4.78 is 11.1. The van der Waals surface area contributed by atoms with Crippen LogP contribution in [-0.2, 0) is 9.31 Å². The summed E-state index contributed by atoms with van der Waals surface area (Å²) in [5.74, 6) is 0. The summed E-state index contributed by atoms with van der Waals surface area (Å²) in [5, 5.41) is 0. The Morgan fingerprint density at radius 2 is 1.50 bits per heavy atom. The van der Waals surface area contributed by atoms with Crippen LogP contribution in [0.2, 0.25) is 0 Å². The molecule has 12 heavy (non-hydrogen) atoms. The third-order valence-corrected chi connectivity index (χ3v) is 2.69. The molecule has 0 aromatic heterocycles. The molecule has 0 radical (unpaired) electrons. The molecule has 0 unspecified atom stereocenters. The van der Waals surface area contributed by atoms with Crippen molar-refractivity contribution in [3.63, 3.8) is 0 Å². The van der Waals surface area contributed by atoms with Crippen LogP contribution in [0.25, 0.3) is 0 Å². The van der Waals surface area contributed by atoms with E-state index in [1.54, 1.807) is 0 Å². The van der Waals surface area contributed by atoms with Crippen molar-refractivity contribution in [3.05, 3.63) is 11.5 Å². The molecule has 1 aliphatic rings. The van der Waals surface area contributed by atoms with Crippen molar-refractivity contribution in [2.75, 3.05) is 0 Å². The van der Waals surface area contributed by atoms with Crippen LogP contribution in [0, 0.1) is 0 Å². The predicted molar refractivity (Wildman–Crippen MR) is 51.1 cm³/mol. The van der Waals surface area contributed by atoms with Gasteiger partial charge in [0.15, 0.2) is 0 Å². The van der Waals surface area contributed by atoms with Gasteiger partial charge in [-0.3, -0.25) is 0 Å². The number of hydrogen-bond acceptors (Lipinski definition) is 2. The fraction of sp³-hybridized carbons (Fsp3) is 0.750. The molecule has 1 fully saturated rings. The molecule has 0 spiro atoms. The molecule has 1 rings (SSSR count). The molecule has 2 nitrogen and oxygen atoms in total. The van der Waals surface area contributed by atoms with E-state index < -0.39 is 7.12 Å². The van der Waals surface area contributed by atoms with Gasteiger partial charge < -0.3 is 9.31 Å². The molecule has 0 aliphatic carbocycles. The summed E-state index contributed by atoms with van der Waals surface area (Å²) in [6.45, 7) is 11.5. The third kappa shape index (κ3) is 1.54. The van der Waals surface area contributed by atoms with E-state index in [2.05, 4.69) is 6.58 Å². The fourth-order valence-electron chi connectivity index (χ4n) is 0.971. The average Bonchev–Trinajstić information content (AvgIpc) is 2.03. The summed E-state index contributed by atoms with van der Waals surface area (Å²) in [6.07, 6.45) is 0. The normalized spacial score (nSPS) is 25.9. The van der Waals surface area contributed by atoms with Crippen LogP contribution in [0.1, 0.15) is 27.7 Å². The van der Waals surface area contributed by atoms with Crippen LogP contribution in [0.4, 0.5) is 0 Å². The Morgan fingerprint density at radius 3 is 1.67 bits per heavy atom. The van der Waals surface area contributed by atoms with Gasteiger partial charge in [-0.25, -0.2) is 0 Å². The Balaban J connectivity index is 2.81. The summed E-state index contributed by atoms with van der Waals surface area (Å²) in [6, 6.07) is 0. The number of halogens is 1. The molecular weight excluding hydrogens is 174 g/mol. The average molecular weight is 188 g/mol. The highest BCUT2D eigenvalue weighted by molar-refractivity contribution is 6.69. The zero-order valence-corrected chi connectivity index (χ0v) is 8.73. The molecule has 1 aliphatic heterocycles. The molecule has 1 heterocycles. The molecule has 0 amide bonds. The lowest BCUT2D eigenvalue weighted by molar-refractivity contribution is 0.00578. The minimum atomic E-state index is -0.475. The smallest absolute Gasteiger partial charge is 0.399 e. The van der Waals surface area contributed by atoms with Gasteiger partial charge in [-0.05, 0) is 27.7 Å². The molecule has 0 bridgehead atoms. The molecule has 68 valence electrons. The van der Waals surface area contributed by atoms with Crippen molar-refractivity contribution < 1.29 is 9.31 Å². The number of rotatable bonds is 1. The summed E-state index contributed by atoms with van der Waals surface area (Å²) in [7, 11) is -0.475. The predicted octanol–water partition coefficient (Wildman–Crippen LogP) is 2.37. The summed E-state index contributed by atoms with van der Waals surface area (Å²) in [5.41, 5.74) is -0.648. The van der Waals surface area contributed by atoms with Crippen LogP contribution >= 0.6 is 11.6 Å². The van der Waals surface area contributed by atoms with Gasteiger partial charge in [0, 0.05) is 4.93 Å². The highest BCUT2D eigenvalue weighted by Gasteiger charge is 2.51. The van der Waals surface area contributed by atoms with Crippen molar-refractivity contribution in [2.45, 2.75) is 38.9 Å². The highest BCUT2D eigenvalue weighted by atomic mass is 35.5. The summed E-state index contributed by atoms with van der Waals surface area (Å²) in [4.78, 5) is 0.397. The standard InChI is InChI=1S/C8H14BClO2/c1-6(10)9-11-7(2,3)8(4,5)12-9/h1H2,2-5H3. The van der Waals surface area contributed by atoms with Crippen LogP contribution in [0.5, 0.6) is 0 Å². The van der Waals surface area contributed by atoms with Gasteiger partial charge >= 0.3 is 7.12 Å². The SMILES string of the molecule is C=C(Cl)B1OC(C)(C)C(C)(C)O1. The second kappa shape index (κ2) is 2.76. The molecule has 0 aromatic rings. The van der Waals surface area contributed by atoms with Gasteiger partial charge in [-0.1, -0.05) is 18.2 Å². The third-order valence-electron chi connectivity index (χ3n) is 2.51. The maximum absolute atomic E-state index is 5.69. The molecule has 0 saturated carbocycles. The van der Waals surface area contributed by atoms with Crippen molar-refractivity contribution in [3.8, 4) is 0 Å². The fourth-order valence-corrected chi connectivity index (χ4v) is 1.06. The van der Waals surface area contributed by atoms with E-state index in [0.29, 0.717) is 4.93 Å². The van der Waals surface area contributed by atoms with Crippen molar-refractivity contribution in [1.82, 2.24) is 0 Å². The maximum Gasteiger partial charge on any atom is 0.506 e. The lowest BCUT2D eigenvalue weighted by Gasteiger charge is -2.32. The first-order chi connectivity index (χ1) is 5.26. The number of hydrogen-bond donors (Lipinski definition) is 0. The zero-order chi connectivity index (χ0) is 9.57. The molecule has 0 N–H and O–H groups in total. The van der Waals surface area contributed by atoms with Crippen molar-refractivity contribution in [2.24, 2.45) is 0 Å². The topological polar surface area (TPSA) is 18.5 Å². The van der Waals surface area contributed by atoms with E-state index in [-0.39, 0.29) is 11.2 Å². The van der Waals surface area contributed by atoms with Crippen molar-refractivity contribution >= 4 is 18.7 Å². The maximum atomic E-state index is 5.69. The lowest BCUT2D eigenvalue weighted by atomic mass is 9.90. The van der Waals surface area contributed by atoms with E-state index in [1.165, 1.54) is 0 Å². The quantitative estimate of drug-likeness (QED) is 0.588. The van der Waals surface area contributed by atoms with Gasteiger partial charge in [0.1, 0.15) is 0 Å². The van der Waals surface area contributed by atoms with Gasteiger partial charge in [0.25, 0.3) is 0 Å². The monoisotopic (exact) mass is 188 g/mol. The first kappa shape index (κ1) is 10.1. The molecule has 1 saturated heterocycles. The van der Waals surface area contributed by atoms with Gasteiger partial charge in [0.2, 0.25) is 0 Å². The largest absolute Gasteiger partial charge is 0.506 e. The zero-order valence-electron chi connectivity index (χ0n) is 7.98. The van der Waals surface area contributed by atoms with Gasteiger partial charge in [-0.15, -0.1) is 0 Å². The first-order valence-electron chi connectivity index (χ1n) is 3.96. The Kier molecular flexibility index (Phi) is 2.32. The Labute approximate surface area is 79.0 Å². The Hall–Kier alpha value is 0.0149. The minimum absolute atomic E-state index is 0.324. The Bertz CT molecular complexity index is 197. The highest BCUT2D eigenvalue weighted by Crippen LogP contribution is 2.38. The van der Waals surface area contributed by atoms with Crippen molar-refractivity contribution in [1.29, 1.82) is 0 Å². The molecule has 0 atom stereocenters. The van der Waals surface area contributed by atoms with E-state index >= 15 is 0 Å². The molecule has 0 aromatic carbocycles. The van der Waals surface area contributed by atoms with E-state index in [4.69, 9.17) is 20.9 Å². The second-order valence-electron chi connectivity index (χ2n) is 4.04. The van der Waals surface area contributed by atoms with E-state index in [1.807, 2.05) is 27.7 Å². The van der Waals surface area contributed by atoms with E-state index in [0.717, 1.165) is 0 Å². The Morgan fingerprint density at radius 1 is 1.17 bits per heavy atom. The van der Waals surface area contributed by atoms with Gasteiger partial charge in [0.05, 0.1) is 11.2 Å². The van der Waals surface area contributed by atoms with Crippen LogP contribution in [-0.4, -0.2) is 18.3 Å². The van der Waals surface area contributed by atoms with Gasteiger partial charge in [-0.2, -0.15) is 0 Å². The second-order valence-corrected chi connectivity index (χ2v) is 4.52. The van der Waals surface area contributed by atoms with Crippen LogP contribution in [0.15, 0.2) is 11.5 Å². The van der Waals surface area contributed by atoms with Crippen LogP contribution < -0.4 is 0 Å². The molecule has 4 heteroatoms. The molecular formula is C8H14BClO2. The minimum Gasteiger partial charge on any atom is -0.399 e. The van der Waals surface area contributed by atoms with E-state index in [9.17, 15) is 0 Å². The summed E-state index contributed by atoms with van der Waals surface area (Å²) >= 11 is 5.69. The lowest BCUT2D eigenvalue weighted by Crippen LogP contribution is -2.41.